The molecule has 0 amide bonds. The van der Waals surface area contributed by atoms with Gasteiger partial charge in [-0.1, -0.05) is 23.7 Å². The Balaban J connectivity index is 1.59. The zero-order valence-corrected chi connectivity index (χ0v) is 19.0. The molecular formula is C26H25ClFN3O2. The van der Waals surface area contributed by atoms with Crippen molar-refractivity contribution in [2.45, 2.75) is 44.2 Å². The Morgan fingerprint density at radius 1 is 0.970 bits per heavy atom. The van der Waals surface area contributed by atoms with Gasteiger partial charge in [-0.15, -0.1) is 0 Å². The van der Waals surface area contributed by atoms with Crippen molar-refractivity contribution in [2.75, 3.05) is 19.8 Å². The van der Waals surface area contributed by atoms with Gasteiger partial charge in [-0.2, -0.15) is 5.10 Å². The van der Waals surface area contributed by atoms with Gasteiger partial charge in [0.15, 0.2) is 6.23 Å². The molecule has 2 fully saturated rings. The molecule has 4 aromatic rings. The van der Waals surface area contributed by atoms with Crippen molar-refractivity contribution < 1.29 is 13.9 Å². The summed E-state index contributed by atoms with van der Waals surface area (Å²) in [6.07, 6.45) is 6.78. The minimum absolute atomic E-state index is 0.0569. The van der Waals surface area contributed by atoms with Crippen LogP contribution in [0.4, 0.5) is 4.39 Å². The highest BCUT2D eigenvalue weighted by molar-refractivity contribution is 6.35. The fraction of sp³-hybridized carbons (Fsp3) is 0.385. The number of ether oxygens (including phenoxy) is 2. The van der Waals surface area contributed by atoms with Crippen LogP contribution < -0.4 is 0 Å². The van der Waals surface area contributed by atoms with Crippen molar-refractivity contribution in [1.82, 2.24) is 14.8 Å². The van der Waals surface area contributed by atoms with Gasteiger partial charge < -0.3 is 9.47 Å². The number of aromatic nitrogens is 3. The van der Waals surface area contributed by atoms with E-state index in [1.165, 1.54) is 12.1 Å². The first-order chi connectivity index (χ1) is 16.2. The van der Waals surface area contributed by atoms with E-state index >= 15 is 0 Å². The summed E-state index contributed by atoms with van der Waals surface area (Å²) in [4.78, 5) is 4.91. The van der Waals surface area contributed by atoms with Crippen LogP contribution in [-0.4, -0.2) is 34.6 Å². The lowest BCUT2D eigenvalue weighted by Gasteiger charge is -2.25. The van der Waals surface area contributed by atoms with Crippen molar-refractivity contribution in [3.05, 3.63) is 59.3 Å². The summed E-state index contributed by atoms with van der Waals surface area (Å²) in [5, 5.41) is 8.06. The largest absolute Gasteiger partial charge is 0.381 e. The maximum absolute atomic E-state index is 13.7. The third-order valence-electron chi connectivity index (χ3n) is 6.87. The normalized spacial score (nSPS) is 20.0. The topological polar surface area (TPSA) is 49.2 Å². The molecule has 5 nitrogen and oxygen atoms in total. The van der Waals surface area contributed by atoms with Crippen molar-refractivity contribution in [3.63, 3.8) is 0 Å². The fourth-order valence-electron chi connectivity index (χ4n) is 5.16. The number of benzene rings is 2. The maximum Gasteiger partial charge on any atom is 0.150 e. The predicted molar refractivity (Wildman–Crippen MR) is 127 cm³/mol. The lowest BCUT2D eigenvalue weighted by atomic mass is 9.87. The molecule has 2 saturated heterocycles. The average Bonchev–Trinajstić information content (AvgIpc) is 3.28. The van der Waals surface area contributed by atoms with E-state index in [2.05, 4.69) is 17.2 Å². The number of hydrogen-bond donors (Lipinski definition) is 0. The third-order valence-corrected chi connectivity index (χ3v) is 7.16. The molecule has 1 unspecified atom stereocenters. The number of fused-ring (bicyclic) bond motifs is 2. The van der Waals surface area contributed by atoms with E-state index in [1.807, 2.05) is 23.0 Å². The second-order valence-electron chi connectivity index (χ2n) is 8.92. The van der Waals surface area contributed by atoms with Gasteiger partial charge in [0.2, 0.25) is 0 Å². The standard InChI is InChI=1S/C26H25ClFN3O2/c27-26-21-14-22-18(15-29-31(22)23-3-1-2-10-33-23)13-20(21)24(16-4-6-19(28)7-5-16)25(30-26)17-8-11-32-12-9-17/h4-7,13-15,17,23H,1-3,8-12H2. The molecular weight excluding hydrogens is 441 g/mol. The van der Waals surface area contributed by atoms with Crippen molar-refractivity contribution >= 4 is 33.3 Å². The number of halogens is 2. The summed E-state index contributed by atoms with van der Waals surface area (Å²) in [7, 11) is 0. The van der Waals surface area contributed by atoms with E-state index in [1.54, 1.807) is 0 Å². The number of nitrogens with zero attached hydrogens (tertiary/aromatic N) is 3. The molecule has 0 spiro atoms. The zero-order chi connectivity index (χ0) is 22.4. The van der Waals surface area contributed by atoms with E-state index in [0.29, 0.717) is 18.4 Å². The van der Waals surface area contributed by atoms with Crippen molar-refractivity contribution in [1.29, 1.82) is 0 Å². The quantitative estimate of drug-likeness (QED) is 0.318. The third kappa shape index (κ3) is 3.80. The highest BCUT2D eigenvalue weighted by Gasteiger charge is 2.26. The summed E-state index contributed by atoms with van der Waals surface area (Å²) in [5.74, 6) is -0.0106. The molecule has 1 atom stereocenters. The predicted octanol–water partition coefficient (Wildman–Crippen LogP) is 6.64. The van der Waals surface area contributed by atoms with Gasteiger partial charge in [0.05, 0.1) is 17.4 Å². The van der Waals surface area contributed by atoms with Crippen LogP contribution in [0.25, 0.3) is 32.8 Å². The molecule has 0 aliphatic carbocycles. The summed E-state index contributed by atoms with van der Waals surface area (Å²) < 4.78 is 27.3. The molecule has 2 aromatic carbocycles. The summed E-state index contributed by atoms with van der Waals surface area (Å²) in [6, 6.07) is 10.9. The molecule has 170 valence electrons. The smallest absolute Gasteiger partial charge is 0.150 e. The van der Waals surface area contributed by atoms with E-state index < -0.39 is 0 Å². The molecule has 0 saturated carbocycles. The molecule has 4 heterocycles. The summed E-state index contributed by atoms with van der Waals surface area (Å²) in [5.41, 5.74) is 3.91. The first-order valence-electron chi connectivity index (χ1n) is 11.6. The van der Waals surface area contributed by atoms with Gasteiger partial charge in [0, 0.05) is 42.1 Å². The van der Waals surface area contributed by atoms with Crippen LogP contribution in [-0.2, 0) is 9.47 Å². The lowest BCUT2D eigenvalue weighted by Crippen LogP contribution is -2.19. The Morgan fingerprint density at radius 2 is 1.79 bits per heavy atom. The molecule has 2 aliphatic heterocycles. The second kappa shape index (κ2) is 8.67. The molecule has 2 aromatic heterocycles. The molecule has 33 heavy (non-hydrogen) atoms. The highest BCUT2D eigenvalue weighted by atomic mass is 35.5. The monoisotopic (exact) mass is 465 g/mol. The first-order valence-corrected chi connectivity index (χ1v) is 12.0. The molecule has 0 bridgehead atoms. The van der Waals surface area contributed by atoms with Gasteiger partial charge >= 0.3 is 0 Å². The maximum atomic E-state index is 13.7. The van der Waals surface area contributed by atoms with Gasteiger partial charge in [-0.25, -0.2) is 14.1 Å². The average molecular weight is 466 g/mol. The van der Waals surface area contributed by atoms with Gasteiger partial charge in [0.25, 0.3) is 0 Å². The van der Waals surface area contributed by atoms with Crippen molar-refractivity contribution in [2.24, 2.45) is 0 Å². The van der Waals surface area contributed by atoms with Crippen LogP contribution in [0.15, 0.2) is 42.6 Å². The number of rotatable bonds is 3. The van der Waals surface area contributed by atoms with Crippen LogP contribution in [0.5, 0.6) is 0 Å². The van der Waals surface area contributed by atoms with Gasteiger partial charge in [0.1, 0.15) is 11.0 Å². The van der Waals surface area contributed by atoms with E-state index in [9.17, 15) is 4.39 Å². The summed E-state index contributed by atoms with van der Waals surface area (Å²) in [6.45, 7) is 2.17. The lowest BCUT2D eigenvalue weighted by molar-refractivity contribution is -0.0366. The van der Waals surface area contributed by atoms with E-state index in [-0.39, 0.29) is 18.0 Å². The first kappa shape index (κ1) is 21.0. The Labute approximate surface area is 196 Å². The summed E-state index contributed by atoms with van der Waals surface area (Å²) >= 11 is 6.81. The highest BCUT2D eigenvalue weighted by Crippen LogP contribution is 2.42. The van der Waals surface area contributed by atoms with Crippen LogP contribution in [0.2, 0.25) is 5.15 Å². The van der Waals surface area contributed by atoms with E-state index in [4.69, 9.17) is 26.1 Å². The second-order valence-corrected chi connectivity index (χ2v) is 9.28. The SMILES string of the molecule is Fc1ccc(-c2c(C3CCOCC3)nc(Cl)c3cc4c(cnn4C4CCCCO4)cc23)cc1. The Morgan fingerprint density at radius 3 is 2.55 bits per heavy atom. The molecule has 2 aliphatic rings. The fourth-order valence-corrected chi connectivity index (χ4v) is 5.41. The van der Waals surface area contributed by atoms with Crippen LogP contribution >= 0.6 is 11.6 Å². The molecule has 7 heteroatoms. The number of hydrogen-bond acceptors (Lipinski definition) is 4. The Hall–Kier alpha value is -2.54. The van der Waals surface area contributed by atoms with Crippen LogP contribution in [0.1, 0.15) is 49.9 Å². The molecule has 0 radical (unpaired) electrons. The van der Waals surface area contributed by atoms with Gasteiger partial charge in [-0.3, -0.25) is 0 Å². The van der Waals surface area contributed by atoms with Crippen molar-refractivity contribution in [3.8, 4) is 11.1 Å². The van der Waals surface area contributed by atoms with Crippen LogP contribution in [0, 0.1) is 5.82 Å². The minimum Gasteiger partial charge on any atom is -0.381 e. The Kier molecular flexibility index (Phi) is 5.52. The van der Waals surface area contributed by atoms with E-state index in [0.717, 1.165) is 77.2 Å². The molecule has 0 N–H and O–H groups in total. The number of pyridine rings is 1. The molecule has 6 rings (SSSR count). The zero-order valence-electron chi connectivity index (χ0n) is 18.3. The Bertz CT molecular complexity index is 1310. The van der Waals surface area contributed by atoms with Gasteiger partial charge in [-0.05, 0) is 67.3 Å². The minimum atomic E-state index is -0.256. The van der Waals surface area contributed by atoms with Crippen LogP contribution in [0.3, 0.4) is 0 Å².